The van der Waals surface area contributed by atoms with E-state index in [4.69, 9.17) is 5.73 Å². The van der Waals surface area contributed by atoms with E-state index in [1.54, 1.807) is 0 Å². The monoisotopic (exact) mass is 214 g/mol. The highest BCUT2D eigenvalue weighted by atomic mass is 15.0. The van der Waals surface area contributed by atoms with E-state index in [9.17, 15) is 0 Å². The maximum absolute atomic E-state index is 5.65. The molecule has 0 aliphatic heterocycles. The van der Waals surface area contributed by atoms with Gasteiger partial charge in [0.05, 0.1) is 5.52 Å². The van der Waals surface area contributed by atoms with E-state index in [0.717, 1.165) is 28.8 Å². The molecule has 0 bridgehead atoms. The molecular formula is C12H14N4. The molecule has 0 aromatic carbocycles. The Morgan fingerprint density at radius 3 is 2.81 bits per heavy atom. The van der Waals surface area contributed by atoms with Crippen molar-refractivity contribution in [2.45, 2.75) is 25.2 Å². The van der Waals surface area contributed by atoms with E-state index >= 15 is 0 Å². The van der Waals surface area contributed by atoms with Crippen LogP contribution in [0.4, 0.5) is 5.82 Å². The van der Waals surface area contributed by atoms with Crippen molar-refractivity contribution in [1.82, 2.24) is 15.0 Å². The first-order valence-electron chi connectivity index (χ1n) is 5.95. The molecule has 0 amide bonds. The van der Waals surface area contributed by atoms with Gasteiger partial charge in [-0.2, -0.15) is 0 Å². The zero-order valence-corrected chi connectivity index (χ0v) is 8.98. The van der Waals surface area contributed by atoms with Crippen LogP contribution in [0.3, 0.4) is 0 Å². The molecule has 2 aliphatic rings. The fraction of sp³-hybridized carbons (Fsp3) is 0.500. The second-order valence-electron chi connectivity index (χ2n) is 5.01. The van der Waals surface area contributed by atoms with Crippen molar-refractivity contribution in [2.24, 2.45) is 11.8 Å². The highest BCUT2D eigenvalue weighted by Crippen LogP contribution is 2.62. The minimum absolute atomic E-state index is 0.543. The first-order valence-corrected chi connectivity index (χ1v) is 5.95. The van der Waals surface area contributed by atoms with Crippen LogP contribution >= 0.6 is 0 Å². The lowest BCUT2D eigenvalue weighted by molar-refractivity contribution is 0.664. The fourth-order valence-corrected chi connectivity index (χ4v) is 3.31. The van der Waals surface area contributed by atoms with Crippen molar-refractivity contribution in [3.05, 3.63) is 18.0 Å². The van der Waals surface area contributed by atoms with Gasteiger partial charge in [0.25, 0.3) is 0 Å². The summed E-state index contributed by atoms with van der Waals surface area (Å²) in [5, 5.41) is 0. The standard InChI is InChI=1S/C12H14N4/c13-9-5-4-8-11(15-9)16-12(14-8)10-6-2-1-3-7(6)10/h4-7,10H,1-3H2,(H3,13,14,15,16). The quantitative estimate of drug-likeness (QED) is 0.763. The van der Waals surface area contributed by atoms with Crippen LogP contribution in [0.5, 0.6) is 0 Å². The number of nitrogens with zero attached hydrogens (tertiary/aromatic N) is 2. The molecule has 2 atom stereocenters. The molecule has 16 heavy (non-hydrogen) atoms. The zero-order valence-electron chi connectivity index (χ0n) is 8.98. The summed E-state index contributed by atoms with van der Waals surface area (Å²) in [4.78, 5) is 12.2. The first-order chi connectivity index (χ1) is 7.83. The van der Waals surface area contributed by atoms with Gasteiger partial charge in [-0.15, -0.1) is 0 Å². The Labute approximate surface area is 93.3 Å². The van der Waals surface area contributed by atoms with Gasteiger partial charge in [-0.25, -0.2) is 9.97 Å². The van der Waals surface area contributed by atoms with E-state index in [1.807, 2.05) is 12.1 Å². The van der Waals surface area contributed by atoms with Crippen LogP contribution in [0.1, 0.15) is 31.0 Å². The molecule has 82 valence electrons. The molecule has 4 rings (SSSR count). The first kappa shape index (κ1) is 8.56. The Balaban J connectivity index is 1.76. The number of imidazole rings is 1. The maximum atomic E-state index is 5.65. The SMILES string of the molecule is Nc1ccc2[nH]c(C3C4CCCC43)nc2n1. The number of fused-ring (bicyclic) bond motifs is 2. The molecule has 4 nitrogen and oxygen atoms in total. The van der Waals surface area contributed by atoms with Crippen molar-refractivity contribution in [1.29, 1.82) is 0 Å². The van der Waals surface area contributed by atoms with Gasteiger partial charge in [-0.1, -0.05) is 6.42 Å². The molecule has 2 saturated carbocycles. The minimum atomic E-state index is 0.543. The summed E-state index contributed by atoms with van der Waals surface area (Å²) in [5.41, 5.74) is 7.42. The molecule has 2 fully saturated rings. The number of pyridine rings is 1. The zero-order chi connectivity index (χ0) is 10.7. The summed E-state index contributed by atoms with van der Waals surface area (Å²) in [6.07, 6.45) is 4.15. The Morgan fingerprint density at radius 1 is 1.19 bits per heavy atom. The molecule has 0 spiro atoms. The van der Waals surface area contributed by atoms with Gasteiger partial charge < -0.3 is 10.7 Å². The number of nitrogens with one attached hydrogen (secondary N) is 1. The highest BCUT2D eigenvalue weighted by Gasteiger charge is 2.54. The average molecular weight is 214 g/mol. The summed E-state index contributed by atoms with van der Waals surface area (Å²) in [5.74, 6) is 4.12. The minimum Gasteiger partial charge on any atom is -0.384 e. The maximum Gasteiger partial charge on any atom is 0.179 e. The number of nitrogen functional groups attached to an aromatic ring is 1. The number of aromatic nitrogens is 3. The van der Waals surface area contributed by atoms with E-state index in [-0.39, 0.29) is 0 Å². The molecule has 2 aliphatic carbocycles. The van der Waals surface area contributed by atoms with E-state index in [1.165, 1.54) is 19.3 Å². The molecule has 2 aromatic heterocycles. The molecule has 2 unspecified atom stereocenters. The van der Waals surface area contributed by atoms with Crippen molar-refractivity contribution in [3.8, 4) is 0 Å². The lowest BCUT2D eigenvalue weighted by Gasteiger charge is -1.97. The van der Waals surface area contributed by atoms with Crippen LogP contribution < -0.4 is 5.73 Å². The summed E-state index contributed by atoms with van der Waals surface area (Å²) in [7, 11) is 0. The molecule has 4 heteroatoms. The highest BCUT2D eigenvalue weighted by molar-refractivity contribution is 5.72. The molecule has 0 radical (unpaired) electrons. The summed E-state index contributed by atoms with van der Waals surface area (Å²) >= 11 is 0. The third kappa shape index (κ3) is 1.04. The van der Waals surface area contributed by atoms with Crippen molar-refractivity contribution in [3.63, 3.8) is 0 Å². The van der Waals surface area contributed by atoms with Gasteiger partial charge in [0.1, 0.15) is 11.6 Å². The van der Waals surface area contributed by atoms with E-state index in [2.05, 4.69) is 15.0 Å². The number of hydrogen-bond donors (Lipinski definition) is 2. The van der Waals surface area contributed by atoms with Crippen LogP contribution in [0.15, 0.2) is 12.1 Å². The van der Waals surface area contributed by atoms with Gasteiger partial charge in [0.2, 0.25) is 0 Å². The number of hydrogen-bond acceptors (Lipinski definition) is 3. The fourth-order valence-electron chi connectivity index (χ4n) is 3.31. The Hall–Kier alpha value is -1.58. The normalized spacial score (nSPS) is 31.9. The van der Waals surface area contributed by atoms with Gasteiger partial charge in [-0.05, 0) is 36.8 Å². The number of rotatable bonds is 1. The second kappa shape index (κ2) is 2.75. The Morgan fingerprint density at radius 2 is 2.00 bits per heavy atom. The number of aromatic amines is 1. The molecular weight excluding hydrogens is 200 g/mol. The number of H-pyrrole nitrogens is 1. The molecule has 2 aromatic rings. The average Bonchev–Trinajstić information content (AvgIpc) is 2.68. The van der Waals surface area contributed by atoms with Crippen molar-refractivity contribution in [2.75, 3.05) is 5.73 Å². The van der Waals surface area contributed by atoms with E-state index < -0.39 is 0 Å². The summed E-state index contributed by atoms with van der Waals surface area (Å²) in [6, 6.07) is 3.78. The van der Waals surface area contributed by atoms with Crippen molar-refractivity contribution < 1.29 is 0 Å². The lowest BCUT2D eigenvalue weighted by Crippen LogP contribution is -1.90. The summed E-state index contributed by atoms with van der Waals surface area (Å²) < 4.78 is 0. The third-order valence-corrected chi connectivity index (χ3v) is 4.11. The van der Waals surface area contributed by atoms with Crippen LogP contribution in [0, 0.1) is 11.8 Å². The molecule has 2 heterocycles. The van der Waals surface area contributed by atoms with Crippen LogP contribution in [0.25, 0.3) is 11.2 Å². The van der Waals surface area contributed by atoms with Crippen molar-refractivity contribution >= 4 is 17.0 Å². The van der Waals surface area contributed by atoms with Crippen LogP contribution in [-0.2, 0) is 0 Å². The lowest BCUT2D eigenvalue weighted by atomic mass is 10.1. The second-order valence-corrected chi connectivity index (χ2v) is 5.01. The predicted octanol–water partition coefficient (Wildman–Crippen LogP) is 2.05. The summed E-state index contributed by atoms with van der Waals surface area (Å²) in [6.45, 7) is 0. The molecule has 3 N–H and O–H groups in total. The number of anilines is 1. The topological polar surface area (TPSA) is 67.6 Å². The van der Waals surface area contributed by atoms with Gasteiger partial charge in [0.15, 0.2) is 5.65 Å². The smallest absolute Gasteiger partial charge is 0.179 e. The van der Waals surface area contributed by atoms with Gasteiger partial charge >= 0.3 is 0 Å². The van der Waals surface area contributed by atoms with Crippen LogP contribution in [0.2, 0.25) is 0 Å². The Kier molecular flexibility index (Phi) is 1.47. The third-order valence-electron chi connectivity index (χ3n) is 4.11. The largest absolute Gasteiger partial charge is 0.384 e. The number of nitrogens with two attached hydrogens (primary N) is 1. The Bertz CT molecular complexity index is 549. The predicted molar refractivity (Wildman–Crippen MR) is 61.9 cm³/mol. The van der Waals surface area contributed by atoms with E-state index in [0.29, 0.717) is 11.7 Å². The molecule has 0 saturated heterocycles. The van der Waals surface area contributed by atoms with Gasteiger partial charge in [-0.3, -0.25) is 0 Å². The van der Waals surface area contributed by atoms with Gasteiger partial charge in [0, 0.05) is 5.92 Å². The van der Waals surface area contributed by atoms with Crippen LogP contribution in [-0.4, -0.2) is 15.0 Å².